The summed E-state index contributed by atoms with van der Waals surface area (Å²) in [6.45, 7) is 0.480. The number of hydrogen-bond donors (Lipinski definition) is 2. The van der Waals surface area contributed by atoms with Crippen LogP contribution in [0.2, 0.25) is 4.34 Å². The smallest absolute Gasteiger partial charge is 0.220 e. The van der Waals surface area contributed by atoms with E-state index in [4.69, 9.17) is 16.3 Å². The summed E-state index contributed by atoms with van der Waals surface area (Å²) in [4.78, 5) is 25.2. The summed E-state index contributed by atoms with van der Waals surface area (Å²) >= 11 is 7.37. The number of amides is 2. The van der Waals surface area contributed by atoms with E-state index in [9.17, 15) is 9.59 Å². The van der Waals surface area contributed by atoms with Gasteiger partial charge in [0, 0.05) is 23.3 Å². The van der Waals surface area contributed by atoms with Gasteiger partial charge in [0.15, 0.2) is 0 Å². The first-order valence-corrected chi connectivity index (χ1v) is 10.1. The van der Waals surface area contributed by atoms with Gasteiger partial charge in [0.1, 0.15) is 5.75 Å². The van der Waals surface area contributed by atoms with Crippen LogP contribution in [0.5, 0.6) is 5.75 Å². The molecule has 2 amide bonds. The van der Waals surface area contributed by atoms with Crippen molar-refractivity contribution in [2.75, 3.05) is 7.11 Å². The molecule has 5 nitrogen and oxygen atoms in total. The van der Waals surface area contributed by atoms with Gasteiger partial charge in [-0.1, -0.05) is 23.7 Å². The van der Waals surface area contributed by atoms with Gasteiger partial charge < -0.3 is 15.4 Å². The van der Waals surface area contributed by atoms with Crippen LogP contribution < -0.4 is 15.4 Å². The van der Waals surface area contributed by atoms with E-state index in [2.05, 4.69) is 10.6 Å². The molecule has 0 spiro atoms. The molecule has 0 bridgehead atoms. The second-order valence-corrected chi connectivity index (χ2v) is 8.64. The molecular weight excluding hydrogens is 384 g/mol. The monoisotopic (exact) mass is 406 g/mol. The Bertz CT molecular complexity index is 806. The van der Waals surface area contributed by atoms with Crippen LogP contribution in [0.1, 0.15) is 36.1 Å². The summed E-state index contributed by atoms with van der Waals surface area (Å²) in [5.74, 6) is 0.836. The van der Waals surface area contributed by atoms with Crippen molar-refractivity contribution in [2.45, 2.75) is 44.2 Å². The Balaban J connectivity index is 1.57. The van der Waals surface area contributed by atoms with Crippen LogP contribution in [0.3, 0.4) is 0 Å². The third-order valence-electron chi connectivity index (χ3n) is 4.86. The fourth-order valence-corrected chi connectivity index (χ4v) is 4.42. The maximum Gasteiger partial charge on any atom is 0.220 e. The van der Waals surface area contributed by atoms with Gasteiger partial charge in [-0.3, -0.25) is 9.59 Å². The second-order valence-electron chi connectivity index (χ2n) is 6.84. The van der Waals surface area contributed by atoms with Gasteiger partial charge >= 0.3 is 0 Å². The molecule has 3 rings (SSSR count). The van der Waals surface area contributed by atoms with Crippen LogP contribution in [0.4, 0.5) is 0 Å². The number of carbonyl (C=O) groups is 2. The molecule has 1 fully saturated rings. The number of ether oxygens (including phenoxy) is 1. The number of hydrogen-bond acceptors (Lipinski definition) is 4. The van der Waals surface area contributed by atoms with Crippen molar-refractivity contribution in [2.24, 2.45) is 0 Å². The fourth-order valence-electron chi connectivity index (χ4n) is 3.39. The van der Waals surface area contributed by atoms with Gasteiger partial charge in [0.2, 0.25) is 11.8 Å². The minimum Gasteiger partial charge on any atom is -0.497 e. The van der Waals surface area contributed by atoms with Crippen LogP contribution in [0, 0.1) is 0 Å². The first-order valence-electron chi connectivity index (χ1n) is 8.93. The van der Waals surface area contributed by atoms with Gasteiger partial charge in [-0.2, -0.15) is 0 Å². The average Bonchev–Trinajstić information content (AvgIpc) is 3.25. The van der Waals surface area contributed by atoms with Gasteiger partial charge in [0.25, 0.3) is 0 Å². The second kappa shape index (κ2) is 8.76. The SMILES string of the molecule is COc1ccc(C[C@@]2(CCC(=O)NCc3ccc(Cl)s3)CCC(=O)N2)cc1. The van der Waals surface area contributed by atoms with Gasteiger partial charge in [-0.15, -0.1) is 11.3 Å². The zero-order valence-electron chi connectivity index (χ0n) is 15.2. The van der Waals surface area contributed by atoms with Crippen LogP contribution in [-0.4, -0.2) is 24.5 Å². The molecule has 7 heteroatoms. The first kappa shape index (κ1) is 19.7. The summed E-state index contributed by atoms with van der Waals surface area (Å²) in [5, 5.41) is 6.04. The molecule has 2 N–H and O–H groups in total. The van der Waals surface area contributed by atoms with Crippen molar-refractivity contribution in [3.8, 4) is 5.75 Å². The van der Waals surface area contributed by atoms with Gasteiger partial charge in [-0.25, -0.2) is 0 Å². The van der Waals surface area contributed by atoms with Crippen LogP contribution >= 0.6 is 22.9 Å². The highest BCUT2D eigenvalue weighted by atomic mass is 35.5. The third kappa shape index (κ3) is 5.47. The molecule has 1 aromatic carbocycles. The lowest BCUT2D eigenvalue weighted by Crippen LogP contribution is -2.44. The highest BCUT2D eigenvalue weighted by Gasteiger charge is 2.37. The molecule has 0 aliphatic carbocycles. The number of halogens is 1. The number of carbonyl (C=O) groups excluding carboxylic acids is 2. The zero-order valence-corrected chi connectivity index (χ0v) is 16.8. The molecule has 2 aromatic rings. The van der Waals surface area contributed by atoms with Crippen LogP contribution in [-0.2, 0) is 22.6 Å². The van der Waals surface area contributed by atoms with Crippen molar-refractivity contribution in [3.63, 3.8) is 0 Å². The number of thiophene rings is 1. The number of methoxy groups -OCH3 is 1. The van der Waals surface area contributed by atoms with E-state index in [1.165, 1.54) is 11.3 Å². The molecule has 0 saturated carbocycles. The van der Waals surface area contributed by atoms with E-state index in [1.54, 1.807) is 7.11 Å². The van der Waals surface area contributed by atoms with Crippen molar-refractivity contribution >= 4 is 34.8 Å². The Morgan fingerprint density at radius 2 is 2.07 bits per heavy atom. The first-order chi connectivity index (χ1) is 13.0. The number of rotatable bonds is 8. The maximum atomic E-state index is 12.3. The van der Waals surface area contributed by atoms with Crippen molar-refractivity contribution in [1.82, 2.24) is 10.6 Å². The quantitative estimate of drug-likeness (QED) is 0.702. The summed E-state index contributed by atoms with van der Waals surface area (Å²) in [6, 6.07) is 11.6. The summed E-state index contributed by atoms with van der Waals surface area (Å²) < 4.78 is 5.91. The van der Waals surface area contributed by atoms with Gasteiger partial charge in [0.05, 0.1) is 18.0 Å². The zero-order chi connectivity index (χ0) is 19.3. The van der Waals surface area contributed by atoms with Crippen molar-refractivity contribution < 1.29 is 14.3 Å². The topological polar surface area (TPSA) is 67.4 Å². The highest BCUT2D eigenvalue weighted by Crippen LogP contribution is 2.30. The molecule has 144 valence electrons. The minimum atomic E-state index is -0.366. The molecule has 0 unspecified atom stereocenters. The molecule has 1 atom stereocenters. The molecule has 1 aliphatic heterocycles. The van der Waals surface area contributed by atoms with Crippen LogP contribution in [0.25, 0.3) is 0 Å². The predicted molar refractivity (Wildman–Crippen MR) is 107 cm³/mol. The Labute approximate surface area is 168 Å². The summed E-state index contributed by atoms with van der Waals surface area (Å²) in [5.41, 5.74) is 0.751. The third-order valence-corrected chi connectivity index (χ3v) is 6.09. The average molecular weight is 407 g/mol. The molecule has 2 heterocycles. The maximum absolute atomic E-state index is 12.3. The van der Waals surface area contributed by atoms with Crippen molar-refractivity contribution in [1.29, 1.82) is 0 Å². The Morgan fingerprint density at radius 3 is 2.67 bits per heavy atom. The Hall–Kier alpha value is -2.05. The summed E-state index contributed by atoms with van der Waals surface area (Å²) in [6.07, 6.45) is 2.94. The molecule has 27 heavy (non-hydrogen) atoms. The van der Waals surface area contributed by atoms with E-state index in [-0.39, 0.29) is 17.4 Å². The normalized spacial score (nSPS) is 19.0. The minimum absolute atomic E-state index is 0.0187. The molecule has 1 saturated heterocycles. The van der Waals surface area contributed by atoms with Crippen LogP contribution in [0.15, 0.2) is 36.4 Å². The standard InChI is InChI=1S/C20H23ClN2O3S/c1-26-15-4-2-14(3-5-15)12-20(11-9-19(25)23-20)10-8-18(24)22-13-16-6-7-17(21)27-16/h2-7H,8-13H2,1H3,(H,22,24)(H,23,25)/t20-/m1/s1. The molecule has 0 radical (unpaired) electrons. The summed E-state index contributed by atoms with van der Waals surface area (Å²) in [7, 11) is 1.64. The lowest BCUT2D eigenvalue weighted by atomic mass is 9.85. The Kier molecular flexibility index (Phi) is 6.39. The van der Waals surface area contributed by atoms with E-state index in [0.717, 1.165) is 22.6 Å². The lowest BCUT2D eigenvalue weighted by Gasteiger charge is -2.29. The highest BCUT2D eigenvalue weighted by molar-refractivity contribution is 7.16. The van der Waals surface area contributed by atoms with Crippen molar-refractivity contribution in [3.05, 3.63) is 51.2 Å². The van der Waals surface area contributed by atoms with E-state index >= 15 is 0 Å². The predicted octanol–water partition coefficient (Wildman–Crippen LogP) is 3.70. The fraction of sp³-hybridized carbons (Fsp3) is 0.400. The Morgan fingerprint density at radius 1 is 1.30 bits per heavy atom. The number of benzene rings is 1. The van der Waals surface area contributed by atoms with Gasteiger partial charge in [-0.05, 0) is 49.1 Å². The molecule has 1 aromatic heterocycles. The molecular formula is C20H23ClN2O3S. The van der Waals surface area contributed by atoms with E-state index < -0.39 is 0 Å². The lowest BCUT2D eigenvalue weighted by molar-refractivity contribution is -0.122. The van der Waals surface area contributed by atoms with E-state index in [1.807, 2.05) is 36.4 Å². The largest absolute Gasteiger partial charge is 0.497 e. The molecule has 1 aliphatic rings. The van der Waals surface area contributed by atoms with E-state index in [0.29, 0.717) is 36.6 Å². The number of nitrogens with one attached hydrogen (secondary N) is 2.